The predicted octanol–water partition coefficient (Wildman–Crippen LogP) is -2.17. The number of aliphatic carboxylic acids is 1. The molecular formula is C6H11N3O4. The summed E-state index contributed by atoms with van der Waals surface area (Å²) in [6, 6.07) is 0. The normalized spacial score (nSPS) is 9.00. The maximum Gasteiger partial charge on any atom is 0.317 e. The zero-order valence-electron chi connectivity index (χ0n) is 7.09. The molecule has 0 aromatic rings. The van der Waals surface area contributed by atoms with Crippen LogP contribution < -0.4 is 16.2 Å². The second-order valence-corrected chi connectivity index (χ2v) is 2.23. The lowest BCUT2D eigenvalue weighted by Gasteiger charge is -2.04. The average Bonchev–Trinajstić information content (AvgIpc) is 2.00. The number of hydrazine groups is 1. The third-order valence-electron chi connectivity index (χ3n) is 0.940. The monoisotopic (exact) mass is 189 g/mol. The first kappa shape index (κ1) is 11.4. The van der Waals surface area contributed by atoms with Gasteiger partial charge in [0.25, 0.3) is 5.91 Å². The Hall–Kier alpha value is -1.63. The highest BCUT2D eigenvalue weighted by atomic mass is 16.4. The summed E-state index contributed by atoms with van der Waals surface area (Å²) in [4.78, 5) is 31.0. The van der Waals surface area contributed by atoms with Gasteiger partial charge >= 0.3 is 5.97 Å². The van der Waals surface area contributed by atoms with Gasteiger partial charge in [-0.15, -0.1) is 0 Å². The van der Waals surface area contributed by atoms with E-state index in [0.717, 1.165) is 0 Å². The molecule has 0 bridgehead atoms. The third-order valence-corrected chi connectivity index (χ3v) is 0.940. The number of hydrogen-bond acceptors (Lipinski definition) is 4. The fourth-order valence-electron chi connectivity index (χ4n) is 0.485. The van der Waals surface area contributed by atoms with Crippen molar-refractivity contribution in [3.63, 3.8) is 0 Å². The topological polar surface area (TPSA) is 108 Å². The van der Waals surface area contributed by atoms with Gasteiger partial charge in [-0.25, -0.2) is 0 Å². The summed E-state index contributed by atoms with van der Waals surface area (Å²) in [6.45, 7) is 0.783. The van der Waals surface area contributed by atoms with E-state index in [2.05, 4.69) is 16.2 Å². The van der Waals surface area contributed by atoms with Crippen LogP contribution in [0.3, 0.4) is 0 Å². The van der Waals surface area contributed by atoms with Crippen LogP contribution in [0, 0.1) is 0 Å². The second kappa shape index (κ2) is 5.95. The van der Waals surface area contributed by atoms with E-state index in [9.17, 15) is 14.4 Å². The van der Waals surface area contributed by atoms with Crippen LogP contribution in [-0.4, -0.2) is 36.0 Å². The molecule has 0 heterocycles. The van der Waals surface area contributed by atoms with E-state index in [0.29, 0.717) is 0 Å². The maximum absolute atomic E-state index is 10.7. The van der Waals surface area contributed by atoms with Gasteiger partial charge in [0.05, 0.1) is 13.1 Å². The van der Waals surface area contributed by atoms with Crippen molar-refractivity contribution in [2.75, 3.05) is 13.1 Å². The summed E-state index contributed by atoms with van der Waals surface area (Å²) >= 11 is 0. The van der Waals surface area contributed by atoms with Crippen LogP contribution in [0.1, 0.15) is 6.92 Å². The van der Waals surface area contributed by atoms with Crippen molar-refractivity contribution in [2.45, 2.75) is 6.92 Å². The molecule has 0 saturated carbocycles. The molecule has 7 heteroatoms. The number of amides is 2. The SMILES string of the molecule is CC(=O)NNC(=O)CNCC(=O)O. The van der Waals surface area contributed by atoms with Crippen LogP contribution in [0.15, 0.2) is 0 Å². The molecule has 0 atom stereocenters. The summed E-state index contributed by atoms with van der Waals surface area (Å²) in [5, 5.41) is 10.5. The van der Waals surface area contributed by atoms with Crippen molar-refractivity contribution in [3.05, 3.63) is 0 Å². The molecule has 0 fully saturated rings. The first-order chi connectivity index (χ1) is 6.02. The third kappa shape index (κ3) is 8.27. The Morgan fingerprint density at radius 3 is 2.23 bits per heavy atom. The molecule has 0 aliphatic heterocycles. The van der Waals surface area contributed by atoms with E-state index < -0.39 is 17.8 Å². The minimum Gasteiger partial charge on any atom is -0.480 e. The maximum atomic E-state index is 10.7. The minimum atomic E-state index is -1.05. The summed E-state index contributed by atoms with van der Waals surface area (Å²) in [5.74, 6) is -1.95. The number of carbonyl (C=O) groups excluding carboxylic acids is 2. The molecule has 0 radical (unpaired) electrons. The Labute approximate surface area is 74.5 Å². The van der Waals surface area contributed by atoms with Crippen LogP contribution in [0.25, 0.3) is 0 Å². The Balaban J connectivity index is 3.41. The number of carboxylic acid groups (broad SMARTS) is 1. The molecule has 0 spiro atoms. The highest BCUT2D eigenvalue weighted by molar-refractivity contribution is 5.82. The number of nitrogens with one attached hydrogen (secondary N) is 3. The summed E-state index contributed by atoms with van der Waals surface area (Å²) in [5.41, 5.74) is 4.12. The molecule has 4 N–H and O–H groups in total. The smallest absolute Gasteiger partial charge is 0.317 e. The lowest BCUT2D eigenvalue weighted by molar-refractivity contribution is -0.136. The van der Waals surface area contributed by atoms with Crippen LogP contribution >= 0.6 is 0 Å². The minimum absolute atomic E-state index is 0.160. The molecule has 74 valence electrons. The number of carboxylic acids is 1. The fraction of sp³-hybridized carbons (Fsp3) is 0.500. The summed E-state index contributed by atoms with van der Waals surface area (Å²) < 4.78 is 0. The van der Waals surface area contributed by atoms with Crippen molar-refractivity contribution in [2.24, 2.45) is 0 Å². The molecule has 13 heavy (non-hydrogen) atoms. The molecule has 0 rings (SSSR count). The zero-order chi connectivity index (χ0) is 10.3. The molecule has 0 aliphatic carbocycles. The highest BCUT2D eigenvalue weighted by Crippen LogP contribution is 1.63. The Morgan fingerprint density at radius 1 is 1.15 bits per heavy atom. The lowest BCUT2D eigenvalue weighted by Crippen LogP contribution is -2.45. The molecule has 0 unspecified atom stereocenters. The van der Waals surface area contributed by atoms with Gasteiger partial charge < -0.3 is 5.11 Å². The predicted molar refractivity (Wildman–Crippen MR) is 42.5 cm³/mol. The second-order valence-electron chi connectivity index (χ2n) is 2.23. The van der Waals surface area contributed by atoms with E-state index >= 15 is 0 Å². The van der Waals surface area contributed by atoms with Crippen LogP contribution in [0.5, 0.6) is 0 Å². The van der Waals surface area contributed by atoms with Crippen LogP contribution in [0.4, 0.5) is 0 Å². The summed E-state index contributed by atoms with van der Waals surface area (Å²) in [7, 11) is 0. The van der Waals surface area contributed by atoms with Gasteiger partial charge in [-0.2, -0.15) is 0 Å². The average molecular weight is 189 g/mol. The van der Waals surface area contributed by atoms with Crippen LogP contribution in [0.2, 0.25) is 0 Å². The van der Waals surface area contributed by atoms with Crippen molar-refractivity contribution in [3.8, 4) is 0 Å². The fourth-order valence-corrected chi connectivity index (χ4v) is 0.485. The largest absolute Gasteiger partial charge is 0.480 e. The van der Waals surface area contributed by atoms with E-state index in [-0.39, 0.29) is 13.1 Å². The molecule has 0 aliphatic rings. The van der Waals surface area contributed by atoms with E-state index in [1.807, 2.05) is 0 Å². The van der Waals surface area contributed by atoms with Crippen molar-refractivity contribution in [1.82, 2.24) is 16.2 Å². The standard InChI is InChI=1S/C6H11N3O4/c1-4(10)8-9-5(11)2-7-3-6(12)13/h7H,2-3H2,1H3,(H,8,10)(H,9,11)(H,12,13). The van der Waals surface area contributed by atoms with Crippen LogP contribution in [-0.2, 0) is 14.4 Å². The molecular weight excluding hydrogens is 178 g/mol. The van der Waals surface area contributed by atoms with Gasteiger partial charge in [0.1, 0.15) is 0 Å². The number of carbonyl (C=O) groups is 3. The highest BCUT2D eigenvalue weighted by Gasteiger charge is 2.01. The first-order valence-electron chi connectivity index (χ1n) is 3.50. The number of hydrogen-bond donors (Lipinski definition) is 4. The Morgan fingerprint density at radius 2 is 1.77 bits per heavy atom. The molecule has 0 aromatic heterocycles. The van der Waals surface area contributed by atoms with Crippen molar-refractivity contribution < 1.29 is 19.5 Å². The van der Waals surface area contributed by atoms with Gasteiger partial charge in [-0.05, 0) is 0 Å². The van der Waals surface area contributed by atoms with E-state index in [4.69, 9.17) is 5.11 Å². The molecule has 7 nitrogen and oxygen atoms in total. The molecule has 2 amide bonds. The molecule has 0 aromatic carbocycles. The van der Waals surface area contributed by atoms with Crippen molar-refractivity contribution >= 4 is 17.8 Å². The van der Waals surface area contributed by atoms with Gasteiger partial charge in [-0.3, -0.25) is 30.6 Å². The lowest BCUT2D eigenvalue weighted by atomic mass is 10.5. The van der Waals surface area contributed by atoms with Crippen molar-refractivity contribution in [1.29, 1.82) is 0 Å². The van der Waals surface area contributed by atoms with Gasteiger partial charge in [0.15, 0.2) is 0 Å². The summed E-state index contributed by atoms with van der Waals surface area (Å²) in [6.07, 6.45) is 0. The van der Waals surface area contributed by atoms with Gasteiger partial charge in [0, 0.05) is 6.92 Å². The molecule has 0 saturated heterocycles. The van der Waals surface area contributed by atoms with E-state index in [1.165, 1.54) is 6.92 Å². The zero-order valence-corrected chi connectivity index (χ0v) is 7.09. The van der Waals surface area contributed by atoms with Gasteiger partial charge in [0.2, 0.25) is 5.91 Å². The Kier molecular flexibility index (Phi) is 5.20. The first-order valence-corrected chi connectivity index (χ1v) is 3.50. The van der Waals surface area contributed by atoms with E-state index in [1.54, 1.807) is 0 Å². The number of rotatable bonds is 4. The quantitative estimate of drug-likeness (QED) is 0.376. The van der Waals surface area contributed by atoms with Gasteiger partial charge in [-0.1, -0.05) is 0 Å². The Bertz CT molecular complexity index is 216.